The molecule has 104 valence electrons. The minimum atomic E-state index is -0.958. The van der Waals surface area contributed by atoms with E-state index in [0.717, 1.165) is 5.56 Å². The van der Waals surface area contributed by atoms with Crippen LogP contribution in [0.2, 0.25) is 0 Å². The van der Waals surface area contributed by atoms with E-state index in [1.807, 2.05) is 6.07 Å². The van der Waals surface area contributed by atoms with Crippen molar-refractivity contribution in [3.05, 3.63) is 30.7 Å². The summed E-state index contributed by atoms with van der Waals surface area (Å²) < 4.78 is 10.3. The van der Waals surface area contributed by atoms with Gasteiger partial charge in [-0.1, -0.05) is 6.07 Å². The smallest absolute Gasteiger partial charge is 0.247 e. The number of aromatic nitrogens is 2. The fourth-order valence-electron chi connectivity index (χ4n) is 2.04. The fraction of sp³-hybridized carbons (Fsp3) is 0.308. The number of hydrogen-bond donors (Lipinski definition) is 2. The number of anilines is 1. The molecule has 0 bridgehead atoms. The highest BCUT2D eigenvalue weighted by molar-refractivity contribution is 5.98. The highest BCUT2D eigenvalue weighted by Gasteiger charge is 2.38. The van der Waals surface area contributed by atoms with Crippen LogP contribution >= 0.6 is 0 Å². The van der Waals surface area contributed by atoms with E-state index in [1.165, 1.54) is 6.39 Å². The standard InChI is InChI=1S/C13H14N4O3/c14-13(4-5-19-7-13)12(18)16-10-3-1-2-9(6-10)11-17-15-8-20-11/h1-3,6,8H,4-5,7,14H2,(H,16,18). The second kappa shape index (κ2) is 5.03. The van der Waals surface area contributed by atoms with E-state index in [4.69, 9.17) is 14.9 Å². The van der Waals surface area contributed by atoms with Gasteiger partial charge in [0.2, 0.25) is 18.2 Å². The molecular weight excluding hydrogens is 260 g/mol. The number of nitrogens with zero attached hydrogens (tertiary/aromatic N) is 2. The van der Waals surface area contributed by atoms with E-state index in [0.29, 0.717) is 24.6 Å². The lowest BCUT2D eigenvalue weighted by molar-refractivity contribution is -0.121. The zero-order valence-corrected chi connectivity index (χ0v) is 10.7. The Kier molecular flexibility index (Phi) is 3.21. The van der Waals surface area contributed by atoms with Crippen molar-refractivity contribution in [2.75, 3.05) is 18.5 Å². The van der Waals surface area contributed by atoms with E-state index in [1.54, 1.807) is 18.2 Å². The van der Waals surface area contributed by atoms with E-state index in [-0.39, 0.29) is 12.5 Å². The Labute approximate surface area is 115 Å². The number of benzene rings is 1. The van der Waals surface area contributed by atoms with Gasteiger partial charge in [0.05, 0.1) is 6.61 Å². The summed E-state index contributed by atoms with van der Waals surface area (Å²) in [6.45, 7) is 0.744. The number of nitrogens with one attached hydrogen (secondary N) is 1. The third-order valence-corrected chi connectivity index (χ3v) is 3.23. The number of carbonyl (C=O) groups excluding carboxylic acids is 1. The molecule has 3 N–H and O–H groups in total. The van der Waals surface area contributed by atoms with Gasteiger partial charge < -0.3 is 20.2 Å². The molecule has 2 aromatic rings. The molecule has 7 heteroatoms. The van der Waals surface area contributed by atoms with Crippen molar-refractivity contribution < 1.29 is 13.9 Å². The van der Waals surface area contributed by atoms with E-state index in [9.17, 15) is 4.79 Å². The molecule has 0 spiro atoms. The van der Waals surface area contributed by atoms with Crippen LogP contribution in [-0.2, 0) is 9.53 Å². The van der Waals surface area contributed by atoms with Crippen molar-refractivity contribution in [2.24, 2.45) is 5.73 Å². The van der Waals surface area contributed by atoms with Gasteiger partial charge in [-0.25, -0.2) is 0 Å². The Morgan fingerprint density at radius 1 is 1.45 bits per heavy atom. The number of hydrogen-bond acceptors (Lipinski definition) is 6. The average Bonchev–Trinajstić information content (AvgIpc) is 3.11. The lowest BCUT2D eigenvalue weighted by atomic mass is 9.99. The molecule has 7 nitrogen and oxygen atoms in total. The summed E-state index contributed by atoms with van der Waals surface area (Å²) >= 11 is 0. The number of ether oxygens (including phenoxy) is 1. The highest BCUT2D eigenvalue weighted by atomic mass is 16.5. The number of rotatable bonds is 3. The third kappa shape index (κ3) is 2.40. The lowest BCUT2D eigenvalue weighted by Gasteiger charge is -2.20. The summed E-state index contributed by atoms with van der Waals surface area (Å²) in [6.07, 6.45) is 1.77. The molecule has 0 aliphatic carbocycles. The van der Waals surface area contributed by atoms with Crippen LogP contribution < -0.4 is 11.1 Å². The first kappa shape index (κ1) is 12.8. The Morgan fingerprint density at radius 2 is 2.35 bits per heavy atom. The van der Waals surface area contributed by atoms with Crippen LogP contribution in [0, 0.1) is 0 Å². The van der Waals surface area contributed by atoms with Crippen LogP contribution in [0.1, 0.15) is 6.42 Å². The normalized spacial score (nSPS) is 21.9. The molecule has 20 heavy (non-hydrogen) atoms. The van der Waals surface area contributed by atoms with Gasteiger partial charge in [0.25, 0.3) is 0 Å². The van der Waals surface area contributed by atoms with Gasteiger partial charge in [-0.3, -0.25) is 4.79 Å². The topological polar surface area (TPSA) is 103 Å². The van der Waals surface area contributed by atoms with Gasteiger partial charge in [0.15, 0.2) is 0 Å². The molecule has 1 aliphatic rings. The van der Waals surface area contributed by atoms with E-state index < -0.39 is 5.54 Å². The molecule has 1 aromatic heterocycles. The summed E-state index contributed by atoms with van der Waals surface area (Å²) in [7, 11) is 0. The number of nitrogens with two attached hydrogens (primary N) is 1. The van der Waals surface area contributed by atoms with Gasteiger partial charge >= 0.3 is 0 Å². The zero-order chi connectivity index (χ0) is 14.0. The SMILES string of the molecule is NC1(C(=O)Nc2cccc(-c3nnco3)c2)CCOC1. The first-order valence-corrected chi connectivity index (χ1v) is 6.22. The molecule has 3 rings (SSSR count). The number of amides is 1. The van der Waals surface area contributed by atoms with Crippen molar-refractivity contribution in [3.63, 3.8) is 0 Å². The molecule has 0 radical (unpaired) electrons. The van der Waals surface area contributed by atoms with Gasteiger partial charge in [0.1, 0.15) is 5.54 Å². The maximum absolute atomic E-state index is 12.2. The maximum atomic E-state index is 12.2. The maximum Gasteiger partial charge on any atom is 0.247 e. The molecule has 1 amide bonds. The van der Waals surface area contributed by atoms with Gasteiger partial charge in [-0.15, -0.1) is 10.2 Å². The summed E-state index contributed by atoms with van der Waals surface area (Å²) in [4.78, 5) is 12.2. The molecule has 1 atom stereocenters. The monoisotopic (exact) mass is 274 g/mol. The second-order valence-electron chi connectivity index (χ2n) is 4.74. The Hall–Kier alpha value is -2.25. The van der Waals surface area contributed by atoms with Crippen molar-refractivity contribution >= 4 is 11.6 Å². The first-order valence-electron chi connectivity index (χ1n) is 6.22. The van der Waals surface area contributed by atoms with Crippen LogP contribution in [0.25, 0.3) is 11.5 Å². The summed E-state index contributed by atoms with van der Waals surface area (Å²) in [5.74, 6) is 0.144. The number of carbonyl (C=O) groups is 1. The van der Waals surface area contributed by atoms with Gasteiger partial charge in [-0.2, -0.15) is 0 Å². The highest BCUT2D eigenvalue weighted by Crippen LogP contribution is 2.22. The first-order chi connectivity index (χ1) is 9.67. The molecule has 1 aromatic carbocycles. The van der Waals surface area contributed by atoms with Crippen molar-refractivity contribution in [1.82, 2.24) is 10.2 Å². The van der Waals surface area contributed by atoms with Crippen LogP contribution in [0.3, 0.4) is 0 Å². The van der Waals surface area contributed by atoms with Gasteiger partial charge in [0, 0.05) is 17.9 Å². The largest absolute Gasteiger partial charge is 0.423 e. The van der Waals surface area contributed by atoms with Crippen LogP contribution in [0.5, 0.6) is 0 Å². The lowest BCUT2D eigenvalue weighted by Crippen LogP contribution is -2.51. The minimum absolute atomic E-state index is 0.238. The average molecular weight is 274 g/mol. The van der Waals surface area contributed by atoms with E-state index >= 15 is 0 Å². The minimum Gasteiger partial charge on any atom is -0.423 e. The molecule has 2 heterocycles. The molecule has 1 saturated heterocycles. The predicted octanol–water partition coefficient (Wildman–Crippen LogP) is 0.793. The molecule has 0 saturated carbocycles. The Balaban J connectivity index is 1.78. The molecule has 1 unspecified atom stereocenters. The molecule has 1 fully saturated rings. The zero-order valence-electron chi connectivity index (χ0n) is 10.7. The second-order valence-corrected chi connectivity index (χ2v) is 4.74. The van der Waals surface area contributed by atoms with E-state index in [2.05, 4.69) is 15.5 Å². The van der Waals surface area contributed by atoms with Crippen molar-refractivity contribution in [3.8, 4) is 11.5 Å². The van der Waals surface area contributed by atoms with Crippen molar-refractivity contribution in [2.45, 2.75) is 12.0 Å². The third-order valence-electron chi connectivity index (χ3n) is 3.23. The predicted molar refractivity (Wildman–Crippen MR) is 70.7 cm³/mol. The fourth-order valence-corrected chi connectivity index (χ4v) is 2.04. The summed E-state index contributed by atoms with van der Waals surface area (Å²) in [5, 5.41) is 10.2. The Bertz CT molecular complexity index is 606. The van der Waals surface area contributed by atoms with Crippen LogP contribution in [-0.4, -0.2) is 34.9 Å². The Morgan fingerprint density at radius 3 is 3.05 bits per heavy atom. The molecular formula is C13H14N4O3. The van der Waals surface area contributed by atoms with Gasteiger partial charge in [-0.05, 0) is 24.6 Å². The quantitative estimate of drug-likeness (QED) is 0.857. The van der Waals surface area contributed by atoms with Crippen LogP contribution in [0.15, 0.2) is 35.1 Å². The summed E-state index contributed by atoms with van der Waals surface area (Å²) in [5.41, 5.74) is 6.41. The van der Waals surface area contributed by atoms with Crippen molar-refractivity contribution in [1.29, 1.82) is 0 Å². The van der Waals surface area contributed by atoms with Crippen LogP contribution in [0.4, 0.5) is 5.69 Å². The summed E-state index contributed by atoms with van der Waals surface area (Å²) in [6, 6.07) is 7.14. The molecule has 1 aliphatic heterocycles.